The maximum Gasteiger partial charge on any atom is 0.133 e. The van der Waals surface area contributed by atoms with E-state index in [-0.39, 0.29) is 0 Å². The zero-order valence-corrected chi connectivity index (χ0v) is 12.2. The van der Waals surface area contributed by atoms with Crippen LogP contribution in [0.3, 0.4) is 0 Å². The Morgan fingerprint density at radius 1 is 1.33 bits per heavy atom. The molecule has 1 aliphatic heterocycles. The molecule has 0 unspecified atom stereocenters. The standard InChI is InChI=1S/C14H19BrO3/c1-16-14-3-2-12(8-13(14)15)10-18-9-11-4-6-17-7-5-11/h2-3,8,11H,4-7,9-10H2,1H3. The Labute approximate surface area is 117 Å². The minimum atomic E-state index is 0.653. The SMILES string of the molecule is COc1ccc(COCC2CCOCC2)cc1Br. The summed E-state index contributed by atoms with van der Waals surface area (Å²) in [4.78, 5) is 0. The van der Waals surface area contributed by atoms with Crippen molar-refractivity contribution in [3.63, 3.8) is 0 Å². The predicted octanol–water partition coefficient (Wildman–Crippen LogP) is 3.40. The Hall–Kier alpha value is -0.580. The molecule has 0 N–H and O–H groups in total. The van der Waals surface area contributed by atoms with Gasteiger partial charge in [0.15, 0.2) is 0 Å². The summed E-state index contributed by atoms with van der Waals surface area (Å²) in [5.74, 6) is 1.50. The number of rotatable bonds is 5. The van der Waals surface area contributed by atoms with Crippen LogP contribution in [0.1, 0.15) is 18.4 Å². The summed E-state index contributed by atoms with van der Waals surface area (Å²) in [6.07, 6.45) is 2.23. The molecule has 1 aromatic carbocycles. The van der Waals surface area contributed by atoms with E-state index in [1.54, 1.807) is 7.11 Å². The molecule has 3 nitrogen and oxygen atoms in total. The van der Waals surface area contributed by atoms with E-state index < -0.39 is 0 Å². The molecule has 0 radical (unpaired) electrons. The van der Waals surface area contributed by atoms with E-state index in [0.717, 1.165) is 48.4 Å². The molecule has 2 rings (SSSR count). The minimum Gasteiger partial charge on any atom is -0.496 e. The third kappa shape index (κ3) is 3.97. The van der Waals surface area contributed by atoms with E-state index in [1.807, 2.05) is 18.2 Å². The highest BCUT2D eigenvalue weighted by Crippen LogP contribution is 2.26. The van der Waals surface area contributed by atoms with Gasteiger partial charge in [0.2, 0.25) is 0 Å². The summed E-state index contributed by atoms with van der Waals surface area (Å²) in [6, 6.07) is 6.04. The monoisotopic (exact) mass is 314 g/mol. The van der Waals surface area contributed by atoms with Gasteiger partial charge in [-0.1, -0.05) is 6.07 Å². The van der Waals surface area contributed by atoms with Crippen molar-refractivity contribution in [3.8, 4) is 5.75 Å². The molecule has 0 spiro atoms. The van der Waals surface area contributed by atoms with E-state index >= 15 is 0 Å². The number of halogens is 1. The molecule has 0 bridgehead atoms. The highest BCUT2D eigenvalue weighted by molar-refractivity contribution is 9.10. The lowest BCUT2D eigenvalue weighted by Gasteiger charge is -2.21. The van der Waals surface area contributed by atoms with E-state index in [1.165, 1.54) is 0 Å². The van der Waals surface area contributed by atoms with Crippen LogP contribution >= 0.6 is 15.9 Å². The van der Waals surface area contributed by atoms with Gasteiger partial charge in [-0.05, 0) is 52.4 Å². The van der Waals surface area contributed by atoms with Crippen molar-refractivity contribution in [2.24, 2.45) is 5.92 Å². The first-order chi connectivity index (χ1) is 8.79. The fourth-order valence-corrected chi connectivity index (χ4v) is 2.64. The van der Waals surface area contributed by atoms with Gasteiger partial charge in [-0.3, -0.25) is 0 Å². The Morgan fingerprint density at radius 3 is 2.78 bits per heavy atom. The number of benzene rings is 1. The topological polar surface area (TPSA) is 27.7 Å². The average Bonchev–Trinajstić information content (AvgIpc) is 2.40. The summed E-state index contributed by atoms with van der Waals surface area (Å²) in [5, 5.41) is 0. The van der Waals surface area contributed by atoms with Crippen molar-refractivity contribution in [3.05, 3.63) is 28.2 Å². The van der Waals surface area contributed by atoms with Gasteiger partial charge in [0.05, 0.1) is 24.8 Å². The predicted molar refractivity (Wildman–Crippen MR) is 73.9 cm³/mol. The number of ether oxygens (including phenoxy) is 3. The highest BCUT2D eigenvalue weighted by atomic mass is 79.9. The van der Waals surface area contributed by atoms with Gasteiger partial charge in [-0.25, -0.2) is 0 Å². The van der Waals surface area contributed by atoms with Gasteiger partial charge in [0.1, 0.15) is 5.75 Å². The molecule has 1 fully saturated rings. The second kappa shape index (κ2) is 7.12. The minimum absolute atomic E-state index is 0.653. The molecule has 1 aliphatic rings. The fraction of sp³-hybridized carbons (Fsp3) is 0.571. The summed E-state index contributed by atoms with van der Waals surface area (Å²) in [6.45, 7) is 3.23. The van der Waals surface area contributed by atoms with Crippen LogP contribution in [0.2, 0.25) is 0 Å². The Balaban J connectivity index is 1.77. The van der Waals surface area contributed by atoms with Crippen molar-refractivity contribution in [2.75, 3.05) is 26.9 Å². The fourth-order valence-electron chi connectivity index (χ4n) is 2.06. The lowest BCUT2D eigenvalue weighted by molar-refractivity contribution is 0.0157. The van der Waals surface area contributed by atoms with Crippen LogP contribution in [0, 0.1) is 5.92 Å². The summed E-state index contributed by atoms with van der Waals surface area (Å²) >= 11 is 3.48. The zero-order chi connectivity index (χ0) is 12.8. The first-order valence-electron chi connectivity index (χ1n) is 6.27. The molecule has 1 saturated heterocycles. The summed E-state index contributed by atoms with van der Waals surface area (Å²) < 4.78 is 17.3. The van der Waals surface area contributed by atoms with Crippen LogP contribution in [0.5, 0.6) is 5.75 Å². The van der Waals surface area contributed by atoms with E-state index in [2.05, 4.69) is 15.9 Å². The van der Waals surface area contributed by atoms with Crippen LogP contribution in [0.15, 0.2) is 22.7 Å². The molecule has 4 heteroatoms. The van der Waals surface area contributed by atoms with Crippen LogP contribution in [-0.2, 0) is 16.1 Å². The Kier molecular flexibility index (Phi) is 5.47. The first kappa shape index (κ1) is 13.8. The number of methoxy groups -OCH3 is 1. The van der Waals surface area contributed by atoms with Crippen molar-refractivity contribution < 1.29 is 14.2 Å². The summed E-state index contributed by atoms with van der Waals surface area (Å²) in [7, 11) is 1.67. The van der Waals surface area contributed by atoms with E-state index in [0.29, 0.717) is 12.5 Å². The maximum absolute atomic E-state index is 5.77. The van der Waals surface area contributed by atoms with E-state index in [9.17, 15) is 0 Å². The molecule has 0 amide bonds. The smallest absolute Gasteiger partial charge is 0.133 e. The van der Waals surface area contributed by atoms with Crippen LogP contribution in [0.25, 0.3) is 0 Å². The lowest BCUT2D eigenvalue weighted by Crippen LogP contribution is -2.20. The van der Waals surface area contributed by atoms with E-state index in [4.69, 9.17) is 14.2 Å². The highest BCUT2D eigenvalue weighted by Gasteiger charge is 2.13. The molecule has 0 atom stereocenters. The van der Waals surface area contributed by atoms with Gasteiger partial charge < -0.3 is 14.2 Å². The van der Waals surface area contributed by atoms with Crippen molar-refractivity contribution >= 4 is 15.9 Å². The van der Waals surface area contributed by atoms with Gasteiger partial charge in [0.25, 0.3) is 0 Å². The normalized spacial score (nSPS) is 16.8. The molecule has 100 valence electrons. The van der Waals surface area contributed by atoms with Crippen LogP contribution in [-0.4, -0.2) is 26.9 Å². The molecule has 1 heterocycles. The number of hydrogen-bond donors (Lipinski definition) is 0. The lowest BCUT2D eigenvalue weighted by atomic mass is 10.0. The molecule has 1 aromatic rings. The molecule has 18 heavy (non-hydrogen) atoms. The summed E-state index contributed by atoms with van der Waals surface area (Å²) in [5.41, 5.74) is 1.16. The van der Waals surface area contributed by atoms with Crippen molar-refractivity contribution in [2.45, 2.75) is 19.4 Å². The molecular formula is C14H19BrO3. The van der Waals surface area contributed by atoms with Gasteiger partial charge in [-0.2, -0.15) is 0 Å². The molecule has 0 aromatic heterocycles. The molecular weight excluding hydrogens is 296 g/mol. The van der Waals surface area contributed by atoms with Crippen LogP contribution < -0.4 is 4.74 Å². The van der Waals surface area contributed by atoms with Gasteiger partial charge >= 0.3 is 0 Å². The second-order valence-electron chi connectivity index (χ2n) is 4.54. The first-order valence-corrected chi connectivity index (χ1v) is 7.07. The quantitative estimate of drug-likeness (QED) is 0.833. The largest absolute Gasteiger partial charge is 0.496 e. The van der Waals surface area contributed by atoms with Crippen molar-refractivity contribution in [1.29, 1.82) is 0 Å². The molecule has 0 saturated carbocycles. The third-order valence-corrected chi connectivity index (χ3v) is 3.80. The Bertz CT molecular complexity index is 375. The Morgan fingerprint density at radius 2 is 2.11 bits per heavy atom. The molecule has 0 aliphatic carbocycles. The van der Waals surface area contributed by atoms with Gasteiger partial charge in [0, 0.05) is 13.2 Å². The average molecular weight is 315 g/mol. The zero-order valence-electron chi connectivity index (χ0n) is 10.7. The second-order valence-corrected chi connectivity index (χ2v) is 5.39. The van der Waals surface area contributed by atoms with Crippen molar-refractivity contribution in [1.82, 2.24) is 0 Å². The maximum atomic E-state index is 5.77. The number of hydrogen-bond acceptors (Lipinski definition) is 3. The van der Waals surface area contributed by atoms with Gasteiger partial charge in [-0.15, -0.1) is 0 Å². The van der Waals surface area contributed by atoms with Crippen LogP contribution in [0.4, 0.5) is 0 Å². The third-order valence-electron chi connectivity index (χ3n) is 3.18.